The first-order chi connectivity index (χ1) is 14.4. The highest BCUT2D eigenvalue weighted by Gasteiger charge is 2.40. The van der Waals surface area contributed by atoms with Gasteiger partial charge in [0, 0.05) is 27.6 Å². The number of aryl methyl sites for hydroxylation is 1. The molecule has 0 bridgehead atoms. The summed E-state index contributed by atoms with van der Waals surface area (Å²) in [5.41, 5.74) is 3.68. The standard InChI is InChI=1S/C23H24BrN3O3/c1-14-11-16(15(2)26(14)19-10-6-7-17(24)13-19)12-20-21(28)25-23(30)27(22(20)29)18-8-4-3-5-9-18/h6-7,10-13,18H,3-5,8-9H2,1-2H3,(H,25,28,30). The van der Waals surface area contributed by atoms with E-state index in [4.69, 9.17) is 0 Å². The number of rotatable bonds is 3. The summed E-state index contributed by atoms with van der Waals surface area (Å²) in [6.07, 6.45) is 6.28. The van der Waals surface area contributed by atoms with E-state index < -0.39 is 17.8 Å². The Hall–Kier alpha value is -2.67. The van der Waals surface area contributed by atoms with E-state index >= 15 is 0 Å². The molecule has 0 atom stereocenters. The number of urea groups is 1. The van der Waals surface area contributed by atoms with Crippen molar-refractivity contribution in [3.05, 3.63) is 57.3 Å². The third-order valence-electron chi connectivity index (χ3n) is 5.91. The van der Waals surface area contributed by atoms with Gasteiger partial charge in [-0.25, -0.2) is 4.79 Å². The van der Waals surface area contributed by atoms with E-state index in [1.165, 1.54) is 4.90 Å². The van der Waals surface area contributed by atoms with Crippen molar-refractivity contribution in [2.24, 2.45) is 0 Å². The molecule has 2 heterocycles. The van der Waals surface area contributed by atoms with Gasteiger partial charge in [0.25, 0.3) is 11.8 Å². The molecule has 1 aromatic heterocycles. The van der Waals surface area contributed by atoms with Gasteiger partial charge >= 0.3 is 6.03 Å². The monoisotopic (exact) mass is 469 g/mol. The summed E-state index contributed by atoms with van der Waals surface area (Å²) in [6, 6.07) is 9.14. The molecule has 156 valence electrons. The molecule has 2 fully saturated rings. The van der Waals surface area contributed by atoms with Crippen molar-refractivity contribution < 1.29 is 14.4 Å². The van der Waals surface area contributed by atoms with Gasteiger partial charge in [-0.05, 0) is 62.6 Å². The molecular weight excluding hydrogens is 446 g/mol. The van der Waals surface area contributed by atoms with Gasteiger partial charge in [-0.15, -0.1) is 0 Å². The van der Waals surface area contributed by atoms with Crippen LogP contribution in [0.2, 0.25) is 0 Å². The zero-order valence-electron chi connectivity index (χ0n) is 17.1. The van der Waals surface area contributed by atoms with Gasteiger partial charge in [0.15, 0.2) is 0 Å². The molecule has 1 aliphatic heterocycles. The molecular formula is C23H24BrN3O3. The quantitative estimate of drug-likeness (QED) is 0.525. The van der Waals surface area contributed by atoms with E-state index in [2.05, 4.69) is 25.8 Å². The van der Waals surface area contributed by atoms with Gasteiger partial charge in [0.2, 0.25) is 0 Å². The Morgan fingerprint density at radius 3 is 2.50 bits per heavy atom. The molecule has 4 rings (SSSR count). The summed E-state index contributed by atoms with van der Waals surface area (Å²) in [5.74, 6) is -1.13. The minimum absolute atomic E-state index is 0.00895. The molecule has 1 saturated heterocycles. The predicted octanol–water partition coefficient (Wildman–Crippen LogP) is 4.65. The minimum atomic E-state index is -0.635. The van der Waals surface area contributed by atoms with Crippen molar-refractivity contribution in [3.8, 4) is 5.69 Å². The number of barbiturate groups is 1. The summed E-state index contributed by atoms with van der Waals surface area (Å²) in [7, 11) is 0. The van der Waals surface area contributed by atoms with Gasteiger partial charge < -0.3 is 4.57 Å². The second-order valence-electron chi connectivity index (χ2n) is 7.93. The Bertz CT molecular complexity index is 1060. The molecule has 0 radical (unpaired) electrons. The Morgan fingerprint density at radius 1 is 1.07 bits per heavy atom. The highest BCUT2D eigenvalue weighted by atomic mass is 79.9. The molecule has 1 saturated carbocycles. The van der Waals surface area contributed by atoms with Gasteiger partial charge in [0.05, 0.1) is 0 Å². The van der Waals surface area contributed by atoms with Crippen LogP contribution in [0.25, 0.3) is 11.8 Å². The SMILES string of the molecule is Cc1cc(C=C2C(=O)NC(=O)N(C3CCCCC3)C2=O)c(C)n1-c1cccc(Br)c1. The summed E-state index contributed by atoms with van der Waals surface area (Å²) < 4.78 is 3.04. The average molecular weight is 470 g/mol. The van der Waals surface area contributed by atoms with Crippen LogP contribution in [0.3, 0.4) is 0 Å². The Labute approximate surface area is 184 Å². The van der Waals surface area contributed by atoms with Crippen LogP contribution in [-0.4, -0.2) is 33.4 Å². The number of amides is 4. The topological polar surface area (TPSA) is 71.4 Å². The molecule has 0 spiro atoms. The highest BCUT2D eigenvalue weighted by molar-refractivity contribution is 9.10. The Balaban J connectivity index is 1.71. The van der Waals surface area contributed by atoms with Crippen LogP contribution in [0.15, 0.2) is 40.4 Å². The minimum Gasteiger partial charge on any atom is -0.318 e. The largest absolute Gasteiger partial charge is 0.331 e. The lowest BCUT2D eigenvalue weighted by molar-refractivity contribution is -0.132. The fourth-order valence-corrected chi connectivity index (χ4v) is 4.83. The van der Waals surface area contributed by atoms with Crippen molar-refractivity contribution in [3.63, 3.8) is 0 Å². The highest BCUT2D eigenvalue weighted by Crippen LogP contribution is 2.28. The third kappa shape index (κ3) is 3.74. The fourth-order valence-electron chi connectivity index (χ4n) is 4.44. The smallest absolute Gasteiger partial charge is 0.318 e. The van der Waals surface area contributed by atoms with Crippen LogP contribution >= 0.6 is 15.9 Å². The first kappa shape index (κ1) is 20.6. The molecule has 0 unspecified atom stereocenters. The van der Waals surface area contributed by atoms with Gasteiger partial charge in [-0.2, -0.15) is 0 Å². The first-order valence-electron chi connectivity index (χ1n) is 10.2. The van der Waals surface area contributed by atoms with Crippen molar-refractivity contribution in [1.29, 1.82) is 0 Å². The Kier molecular flexibility index (Phi) is 5.64. The number of nitrogens with one attached hydrogen (secondary N) is 1. The zero-order valence-corrected chi connectivity index (χ0v) is 18.7. The summed E-state index contributed by atoms with van der Waals surface area (Å²) in [6.45, 7) is 3.94. The number of carbonyl (C=O) groups is 3. The maximum absolute atomic E-state index is 13.1. The molecule has 30 heavy (non-hydrogen) atoms. The number of nitrogens with zero attached hydrogens (tertiary/aromatic N) is 2. The number of benzene rings is 1. The molecule has 1 aromatic carbocycles. The number of imide groups is 2. The second-order valence-corrected chi connectivity index (χ2v) is 8.84. The number of carbonyl (C=O) groups excluding carboxylic acids is 3. The van der Waals surface area contributed by atoms with Crippen LogP contribution in [0, 0.1) is 13.8 Å². The van der Waals surface area contributed by atoms with E-state index in [9.17, 15) is 14.4 Å². The molecule has 4 amide bonds. The average Bonchev–Trinajstić information content (AvgIpc) is 2.99. The summed E-state index contributed by atoms with van der Waals surface area (Å²) >= 11 is 3.50. The lowest BCUT2D eigenvalue weighted by atomic mass is 9.93. The maximum atomic E-state index is 13.1. The zero-order chi connectivity index (χ0) is 21.4. The van der Waals surface area contributed by atoms with Crippen LogP contribution in [0.5, 0.6) is 0 Å². The van der Waals surface area contributed by atoms with Crippen molar-refractivity contribution in [1.82, 2.24) is 14.8 Å². The van der Waals surface area contributed by atoms with Gasteiger partial charge in [-0.3, -0.25) is 19.8 Å². The molecule has 7 heteroatoms. The van der Waals surface area contributed by atoms with E-state index in [-0.39, 0.29) is 11.6 Å². The summed E-state index contributed by atoms with van der Waals surface area (Å²) in [5, 5.41) is 2.35. The van der Waals surface area contributed by atoms with E-state index in [0.29, 0.717) is 0 Å². The first-order valence-corrected chi connectivity index (χ1v) is 11.0. The molecule has 1 N–H and O–H groups in total. The van der Waals surface area contributed by atoms with Crippen LogP contribution in [0.1, 0.15) is 49.1 Å². The molecule has 2 aliphatic rings. The Morgan fingerprint density at radius 2 is 1.80 bits per heavy atom. The van der Waals surface area contributed by atoms with E-state index in [1.54, 1.807) is 6.08 Å². The number of hydrogen-bond acceptors (Lipinski definition) is 3. The maximum Gasteiger partial charge on any atom is 0.331 e. The van der Waals surface area contributed by atoms with Crippen molar-refractivity contribution in [2.45, 2.75) is 52.0 Å². The van der Waals surface area contributed by atoms with Gasteiger partial charge in [-0.1, -0.05) is 41.3 Å². The number of hydrogen-bond donors (Lipinski definition) is 1. The lowest BCUT2D eigenvalue weighted by Crippen LogP contribution is -2.58. The van der Waals surface area contributed by atoms with E-state index in [0.717, 1.165) is 59.2 Å². The predicted molar refractivity (Wildman–Crippen MR) is 118 cm³/mol. The van der Waals surface area contributed by atoms with Crippen molar-refractivity contribution >= 4 is 39.9 Å². The molecule has 1 aliphatic carbocycles. The second kappa shape index (κ2) is 8.22. The van der Waals surface area contributed by atoms with Crippen molar-refractivity contribution in [2.75, 3.05) is 0 Å². The summed E-state index contributed by atoms with van der Waals surface area (Å²) in [4.78, 5) is 39.3. The number of aromatic nitrogens is 1. The fraction of sp³-hybridized carbons (Fsp3) is 0.348. The van der Waals surface area contributed by atoms with E-state index in [1.807, 2.05) is 44.2 Å². The third-order valence-corrected chi connectivity index (χ3v) is 6.40. The van der Waals surface area contributed by atoms with Gasteiger partial charge in [0.1, 0.15) is 5.57 Å². The molecule has 2 aromatic rings. The van der Waals surface area contributed by atoms with Crippen LogP contribution in [0.4, 0.5) is 4.79 Å². The lowest BCUT2D eigenvalue weighted by Gasteiger charge is -2.35. The van der Waals surface area contributed by atoms with Crippen LogP contribution in [-0.2, 0) is 9.59 Å². The molecule has 6 nitrogen and oxygen atoms in total. The van der Waals surface area contributed by atoms with Crippen LogP contribution < -0.4 is 5.32 Å². The normalized spacial score (nSPS) is 19.5. The number of halogens is 1.